The molecule has 7 heteroatoms. The van der Waals surface area contributed by atoms with E-state index in [2.05, 4.69) is 0 Å². The number of nitrogens with one attached hydrogen (secondary N) is 1. The van der Waals surface area contributed by atoms with E-state index in [9.17, 15) is 13.2 Å². The first kappa shape index (κ1) is 11.2. The smallest absolute Gasteiger partial charge is 0.422 e. The Balaban J connectivity index is 4.89. The van der Waals surface area contributed by atoms with Gasteiger partial charge in [-0.05, 0) is 13.8 Å². The van der Waals surface area contributed by atoms with Crippen molar-refractivity contribution >= 4 is 16.3 Å². The maximum Gasteiger partial charge on any atom is 0.422 e. The summed E-state index contributed by atoms with van der Waals surface area (Å²) in [6, 6.07) is -0.611. The minimum absolute atomic E-state index is 0.354. The number of hydrogen-bond acceptors (Lipinski definition) is 3. The first-order chi connectivity index (χ1) is 5.33. The van der Waals surface area contributed by atoms with E-state index in [0.29, 0.717) is 4.31 Å². The lowest BCUT2D eigenvalue weighted by atomic mass is 10.4. The van der Waals surface area contributed by atoms with Crippen LogP contribution in [0.25, 0.3) is 0 Å². The molecule has 0 fully saturated rings. The third-order valence-corrected chi connectivity index (χ3v) is 2.79. The van der Waals surface area contributed by atoms with Crippen molar-refractivity contribution < 1.29 is 18.3 Å². The molecule has 1 amide bonds. The molecule has 0 heterocycles. The highest BCUT2D eigenvalue weighted by Gasteiger charge is 2.27. The number of amides is 1. The summed E-state index contributed by atoms with van der Waals surface area (Å²) in [5, 5.41) is 8.52. The second-order valence-electron chi connectivity index (χ2n) is 2.38. The molecule has 0 spiro atoms. The van der Waals surface area contributed by atoms with Gasteiger partial charge in [0.25, 0.3) is 0 Å². The zero-order valence-electron chi connectivity index (χ0n) is 7.10. The summed E-state index contributed by atoms with van der Waals surface area (Å²) in [7, 11) is -2.71. The molecular weight excluding hydrogens is 184 g/mol. The Morgan fingerprint density at radius 1 is 1.50 bits per heavy atom. The van der Waals surface area contributed by atoms with Crippen molar-refractivity contribution in [2.45, 2.75) is 19.9 Å². The van der Waals surface area contributed by atoms with Crippen LogP contribution >= 0.6 is 0 Å². The molecule has 12 heavy (non-hydrogen) atoms. The zero-order chi connectivity index (χ0) is 9.94. The first-order valence-corrected chi connectivity index (χ1v) is 4.72. The summed E-state index contributed by atoms with van der Waals surface area (Å²) in [5.41, 5.74) is 0. The molecule has 2 N–H and O–H groups in total. The second-order valence-corrected chi connectivity index (χ2v) is 4.13. The average Bonchev–Trinajstić information content (AvgIpc) is 1.84. The molecule has 0 aromatic rings. The Kier molecular flexibility index (Phi) is 3.47. The van der Waals surface area contributed by atoms with Crippen molar-refractivity contribution in [2.75, 3.05) is 7.05 Å². The van der Waals surface area contributed by atoms with Gasteiger partial charge in [-0.2, -0.15) is 12.7 Å². The van der Waals surface area contributed by atoms with Crippen LogP contribution < -0.4 is 4.72 Å². The van der Waals surface area contributed by atoms with Crippen molar-refractivity contribution in [3.63, 3.8) is 0 Å². The zero-order valence-corrected chi connectivity index (χ0v) is 7.92. The van der Waals surface area contributed by atoms with E-state index < -0.39 is 22.3 Å². The van der Waals surface area contributed by atoms with Crippen LogP contribution in [0.5, 0.6) is 0 Å². The van der Waals surface area contributed by atoms with Gasteiger partial charge in [-0.1, -0.05) is 0 Å². The highest BCUT2D eigenvalue weighted by Crippen LogP contribution is 2.04. The van der Waals surface area contributed by atoms with Gasteiger partial charge in [-0.15, -0.1) is 0 Å². The lowest BCUT2D eigenvalue weighted by Gasteiger charge is -2.21. The van der Waals surface area contributed by atoms with E-state index in [1.807, 2.05) is 4.72 Å². The molecule has 6 nitrogen and oxygen atoms in total. The number of carboxylic acid groups (broad SMARTS) is 1. The van der Waals surface area contributed by atoms with Crippen LogP contribution in [0, 0.1) is 0 Å². The average molecular weight is 196 g/mol. The fraction of sp³-hybridized carbons (Fsp3) is 0.800. The van der Waals surface area contributed by atoms with E-state index in [1.165, 1.54) is 13.8 Å². The fourth-order valence-electron chi connectivity index (χ4n) is 0.700. The highest BCUT2D eigenvalue weighted by molar-refractivity contribution is 7.87. The Labute approximate surface area is 71.4 Å². The lowest BCUT2D eigenvalue weighted by molar-refractivity contribution is 0.164. The summed E-state index contributed by atoms with van der Waals surface area (Å²) in [6.45, 7) is 2.95. The molecule has 0 rings (SSSR count). The van der Waals surface area contributed by atoms with E-state index in [0.717, 1.165) is 7.05 Å². The molecule has 0 unspecified atom stereocenters. The number of hydrogen-bond donors (Lipinski definition) is 2. The lowest BCUT2D eigenvalue weighted by Crippen LogP contribution is -2.46. The normalized spacial score (nSPS) is 11.7. The van der Waals surface area contributed by atoms with Gasteiger partial charge in [-0.25, -0.2) is 9.52 Å². The molecule has 0 radical (unpaired) electrons. The molecule has 0 saturated heterocycles. The Hall–Kier alpha value is -0.820. The highest BCUT2D eigenvalue weighted by atomic mass is 32.2. The van der Waals surface area contributed by atoms with Gasteiger partial charge < -0.3 is 5.11 Å². The van der Waals surface area contributed by atoms with Gasteiger partial charge >= 0.3 is 16.3 Å². The van der Waals surface area contributed by atoms with Gasteiger partial charge in [0, 0.05) is 13.1 Å². The molecular formula is C5H12N2O4S. The Morgan fingerprint density at radius 3 is 2.00 bits per heavy atom. The number of rotatable bonds is 3. The number of carbonyl (C=O) groups is 1. The Morgan fingerprint density at radius 2 is 1.92 bits per heavy atom. The second kappa shape index (κ2) is 3.72. The number of nitrogens with zero attached hydrogens (tertiary/aromatic N) is 1. The minimum Gasteiger partial charge on any atom is -0.464 e. The summed E-state index contributed by atoms with van der Waals surface area (Å²) in [5.74, 6) is 0. The van der Waals surface area contributed by atoms with Gasteiger partial charge in [0.05, 0.1) is 0 Å². The molecule has 0 aliphatic carbocycles. The monoisotopic (exact) mass is 196 g/mol. The first-order valence-electron chi connectivity index (χ1n) is 3.28. The van der Waals surface area contributed by atoms with E-state index in [1.54, 1.807) is 0 Å². The van der Waals surface area contributed by atoms with Crippen molar-refractivity contribution in [1.82, 2.24) is 9.03 Å². The maximum atomic E-state index is 11.0. The molecule has 0 aliphatic heterocycles. The standard InChI is InChI=1S/C5H12N2O4S/c1-4(2)7(5(8)9)12(10,11)6-3/h4,6H,1-3H3,(H,8,9). The quantitative estimate of drug-likeness (QED) is 0.656. The van der Waals surface area contributed by atoms with Crippen LogP contribution in [0.3, 0.4) is 0 Å². The van der Waals surface area contributed by atoms with Gasteiger partial charge in [0.1, 0.15) is 0 Å². The SMILES string of the molecule is CNS(=O)(=O)N(C(=O)O)C(C)C. The molecule has 0 saturated carbocycles. The van der Waals surface area contributed by atoms with E-state index >= 15 is 0 Å². The van der Waals surface area contributed by atoms with Crippen molar-refractivity contribution in [2.24, 2.45) is 0 Å². The van der Waals surface area contributed by atoms with Crippen molar-refractivity contribution in [1.29, 1.82) is 0 Å². The molecule has 0 atom stereocenters. The minimum atomic E-state index is -3.87. The summed E-state index contributed by atoms with van der Waals surface area (Å²) in [4.78, 5) is 10.5. The van der Waals surface area contributed by atoms with Crippen LogP contribution in [-0.4, -0.2) is 37.0 Å². The summed E-state index contributed by atoms with van der Waals surface area (Å²) >= 11 is 0. The van der Waals surface area contributed by atoms with Gasteiger partial charge in [-0.3, -0.25) is 0 Å². The third-order valence-electron chi connectivity index (χ3n) is 1.17. The predicted octanol–water partition coefficient (Wildman–Crippen LogP) is -0.161. The van der Waals surface area contributed by atoms with Crippen molar-refractivity contribution in [3.05, 3.63) is 0 Å². The van der Waals surface area contributed by atoms with E-state index in [4.69, 9.17) is 5.11 Å². The topological polar surface area (TPSA) is 86.7 Å². The van der Waals surface area contributed by atoms with Crippen LogP contribution in [0.2, 0.25) is 0 Å². The van der Waals surface area contributed by atoms with Crippen molar-refractivity contribution in [3.8, 4) is 0 Å². The van der Waals surface area contributed by atoms with Crippen LogP contribution in [0.4, 0.5) is 4.79 Å². The predicted molar refractivity (Wildman–Crippen MR) is 43.0 cm³/mol. The third kappa shape index (κ3) is 2.35. The molecule has 0 aromatic carbocycles. The van der Waals surface area contributed by atoms with E-state index in [-0.39, 0.29) is 0 Å². The summed E-state index contributed by atoms with van der Waals surface area (Å²) < 4.78 is 24.3. The molecule has 0 bridgehead atoms. The molecule has 72 valence electrons. The van der Waals surface area contributed by atoms with Crippen LogP contribution in [-0.2, 0) is 10.2 Å². The molecule has 0 aromatic heterocycles. The largest absolute Gasteiger partial charge is 0.464 e. The van der Waals surface area contributed by atoms with Gasteiger partial charge in [0.2, 0.25) is 0 Å². The fourth-order valence-corrected chi connectivity index (χ4v) is 1.66. The van der Waals surface area contributed by atoms with Gasteiger partial charge in [0.15, 0.2) is 0 Å². The molecule has 0 aliphatic rings. The van der Waals surface area contributed by atoms with Crippen LogP contribution in [0.1, 0.15) is 13.8 Å². The summed E-state index contributed by atoms with van der Waals surface area (Å²) in [6.07, 6.45) is -1.49. The van der Waals surface area contributed by atoms with Crippen LogP contribution in [0.15, 0.2) is 0 Å². The Bertz CT molecular complexity index is 259. The maximum absolute atomic E-state index is 11.0.